The fourth-order valence-electron chi connectivity index (χ4n) is 5.12. The summed E-state index contributed by atoms with van der Waals surface area (Å²) in [4.78, 5) is 17.7. The minimum Gasteiger partial charge on any atom is -0.508 e. The molecule has 3 aliphatic heterocycles. The Labute approximate surface area is 185 Å². The highest BCUT2D eigenvalue weighted by Crippen LogP contribution is 2.43. The van der Waals surface area contributed by atoms with Crippen molar-refractivity contribution >= 4 is 16.9 Å². The Bertz CT molecular complexity index is 1190. The van der Waals surface area contributed by atoms with Crippen LogP contribution in [0.2, 0.25) is 0 Å². The molecule has 0 aliphatic carbocycles. The van der Waals surface area contributed by atoms with Crippen LogP contribution in [0.5, 0.6) is 11.5 Å². The van der Waals surface area contributed by atoms with Gasteiger partial charge in [0.15, 0.2) is 0 Å². The number of furan rings is 1. The molecule has 0 bridgehead atoms. The summed E-state index contributed by atoms with van der Waals surface area (Å²) in [7, 11) is 0. The van der Waals surface area contributed by atoms with Crippen molar-refractivity contribution < 1.29 is 24.2 Å². The third-order valence-corrected chi connectivity index (χ3v) is 7.14. The second-order valence-corrected chi connectivity index (χ2v) is 9.39. The summed E-state index contributed by atoms with van der Waals surface area (Å²) < 4.78 is 11.7. The first-order valence-corrected chi connectivity index (χ1v) is 11.2. The molecule has 1 amide bonds. The fraction of sp³-hybridized carbons (Fsp3) is 0.400. The number of hydrogen-bond donors (Lipinski definition) is 2. The predicted molar refractivity (Wildman–Crippen MR) is 119 cm³/mol. The Morgan fingerprint density at radius 1 is 1.03 bits per heavy atom. The molecule has 7 nitrogen and oxygen atoms in total. The normalized spacial score (nSPS) is 19.9. The van der Waals surface area contributed by atoms with Crippen LogP contribution in [0.15, 0.2) is 40.8 Å². The van der Waals surface area contributed by atoms with Crippen molar-refractivity contribution in [2.75, 3.05) is 39.4 Å². The lowest BCUT2D eigenvalue weighted by Crippen LogP contribution is -2.44. The van der Waals surface area contributed by atoms with Crippen molar-refractivity contribution in [2.45, 2.75) is 19.4 Å². The average Bonchev–Trinajstić information content (AvgIpc) is 3.31. The van der Waals surface area contributed by atoms with Crippen LogP contribution >= 0.6 is 0 Å². The van der Waals surface area contributed by atoms with Gasteiger partial charge in [-0.3, -0.25) is 9.69 Å². The first-order chi connectivity index (χ1) is 15.5. The number of nitrogens with zero attached hydrogens (tertiary/aromatic N) is 2. The number of likely N-dealkylation sites (tertiary alicyclic amines) is 2. The zero-order valence-corrected chi connectivity index (χ0v) is 17.8. The Balaban J connectivity index is 1.48. The number of amides is 1. The van der Waals surface area contributed by atoms with Crippen LogP contribution in [-0.2, 0) is 11.3 Å². The third-order valence-electron chi connectivity index (χ3n) is 7.14. The maximum absolute atomic E-state index is 13.5. The van der Waals surface area contributed by atoms with Gasteiger partial charge < -0.3 is 24.3 Å². The van der Waals surface area contributed by atoms with Gasteiger partial charge in [-0.2, -0.15) is 0 Å². The molecule has 3 fully saturated rings. The summed E-state index contributed by atoms with van der Waals surface area (Å²) in [5.74, 6) is 0.741. The molecule has 2 N–H and O–H groups in total. The lowest BCUT2D eigenvalue weighted by molar-refractivity contribution is -0.105. The summed E-state index contributed by atoms with van der Waals surface area (Å²) in [5.41, 5.74) is 2.79. The maximum Gasteiger partial charge on any atom is 0.258 e. The van der Waals surface area contributed by atoms with Crippen LogP contribution in [0.1, 0.15) is 28.8 Å². The van der Waals surface area contributed by atoms with E-state index in [1.165, 1.54) is 0 Å². The van der Waals surface area contributed by atoms with Crippen LogP contribution in [0.25, 0.3) is 22.3 Å². The molecule has 32 heavy (non-hydrogen) atoms. The molecule has 3 aliphatic rings. The number of phenols is 2. The maximum atomic E-state index is 13.5. The van der Waals surface area contributed by atoms with Gasteiger partial charge in [-0.05, 0) is 55.8 Å². The Morgan fingerprint density at radius 3 is 2.44 bits per heavy atom. The molecule has 1 spiro atoms. The van der Waals surface area contributed by atoms with Gasteiger partial charge in [0.05, 0.1) is 18.8 Å². The minimum atomic E-state index is -0.0739. The summed E-state index contributed by atoms with van der Waals surface area (Å²) in [6.45, 7) is 5.48. The van der Waals surface area contributed by atoms with Crippen LogP contribution in [0, 0.1) is 5.41 Å². The van der Waals surface area contributed by atoms with Gasteiger partial charge >= 0.3 is 0 Å². The van der Waals surface area contributed by atoms with Crippen LogP contribution in [-0.4, -0.2) is 65.3 Å². The molecule has 2 aromatic carbocycles. The summed E-state index contributed by atoms with van der Waals surface area (Å²) >= 11 is 0. The van der Waals surface area contributed by atoms with E-state index in [-0.39, 0.29) is 22.8 Å². The van der Waals surface area contributed by atoms with Gasteiger partial charge in [-0.1, -0.05) is 0 Å². The quantitative estimate of drug-likeness (QED) is 0.653. The zero-order valence-electron chi connectivity index (χ0n) is 17.8. The van der Waals surface area contributed by atoms with Crippen molar-refractivity contribution in [2.24, 2.45) is 5.41 Å². The second kappa shape index (κ2) is 7.25. The van der Waals surface area contributed by atoms with Crippen LogP contribution in [0.3, 0.4) is 0 Å². The van der Waals surface area contributed by atoms with E-state index in [0.29, 0.717) is 28.8 Å². The number of aromatic hydroxyl groups is 2. The van der Waals surface area contributed by atoms with E-state index in [9.17, 15) is 15.0 Å². The van der Waals surface area contributed by atoms with Crippen molar-refractivity contribution in [1.29, 1.82) is 0 Å². The van der Waals surface area contributed by atoms with E-state index in [4.69, 9.17) is 9.15 Å². The largest absolute Gasteiger partial charge is 0.508 e. The van der Waals surface area contributed by atoms with Gasteiger partial charge in [-0.15, -0.1) is 0 Å². The van der Waals surface area contributed by atoms with Gasteiger partial charge in [-0.25, -0.2) is 0 Å². The lowest BCUT2D eigenvalue weighted by atomic mass is 9.85. The highest BCUT2D eigenvalue weighted by molar-refractivity contribution is 6.12. The van der Waals surface area contributed by atoms with Gasteiger partial charge in [0, 0.05) is 48.1 Å². The van der Waals surface area contributed by atoms with Crippen molar-refractivity contribution in [3.63, 3.8) is 0 Å². The first kappa shape index (κ1) is 19.6. The minimum absolute atomic E-state index is 0.0739. The van der Waals surface area contributed by atoms with Gasteiger partial charge in [0.2, 0.25) is 0 Å². The molecule has 166 valence electrons. The fourth-order valence-corrected chi connectivity index (χ4v) is 5.12. The van der Waals surface area contributed by atoms with Crippen LogP contribution in [0.4, 0.5) is 0 Å². The summed E-state index contributed by atoms with van der Waals surface area (Å²) in [5, 5.41) is 21.3. The molecule has 7 heteroatoms. The van der Waals surface area contributed by atoms with E-state index >= 15 is 0 Å². The number of rotatable bonds is 4. The highest BCUT2D eigenvalue weighted by Gasteiger charge is 2.44. The molecule has 3 saturated heterocycles. The molecule has 3 aromatic rings. The third kappa shape index (κ3) is 3.07. The molecule has 6 rings (SSSR count). The molecule has 0 atom stereocenters. The standard InChI is InChI=1S/C25H26N2O5/c28-17-4-2-16(3-5-17)23-22(24(30)27-9-1-10-27)21-18(19(29)6-7-20(21)32-23)12-26-11-8-25(13-26)14-31-15-25/h2-7,28-29H,1,8-15H2. The molecule has 0 radical (unpaired) electrons. The number of fused-ring (bicyclic) bond motifs is 1. The lowest BCUT2D eigenvalue weighted by Gasteiger charge is -2.37. The molecular formula is C25H26N2O5. The zero-order chi connectivity index (χ0) is 21.9. The Morgan fingerprint density at radius 2 is 1.81 bits per heavy atom. The smallest absolute Gasteiger partial charge is 0.258 e. The molecule has 0 saturated carbocycles. The van der Waals surface area contributed by atoms with E-state index in [0.717, 1.165) is 63.4 Å². The van der Waals surface area contributed by atoms with E-state index in [1.807, 2.05) is 4.90 Å². The summed E-state index contributed by atoms with van der Waals surface area (Å²) in [6, 6.07) is 10.1. The van der Waals surface area contributed by atoms with E-state index in [1.54, 1.807) is 36.4 Å². The van der Waals surface area contributed by atoms with Crippen molar-refractivity contribution in [3.8, 4) is 22.8 Å². The van der Waals surface area contributed by atoms with Crippen molar-refractivity contribution in [1.82, 2.24) is 9.80 Å². The monoisotopic (exact) mass is 434 g/mol. The Hall–Kier alpha value is -3.03. The number of carbonyl (C=O) groups is 1. The first-order valence-electron chi connectivity index (χ1n) is 11.2. The topological polar surface area (TPSA) is 86.4 Å². The van der Waals surface area contributed by atoms with Gasteiger partial charge in [0.25, 0.3) is 5.91 Å². The second-order valence-electron chi connectivity index (χ2n) is 9.39. The van der Waals surface area contributed by atoms with Crippen molar-refractivity contribution in [3.05, 3.63) is 47.5 Å². The van der Waals surface area contributed by atoms with E-state index in [2.05, 4.69) is 4.90 Å². The number of hydrogen-bond acceptors (Lipinski definition) is 6. The number of phenolic OH excluding ortho intramolecular Hbond substituents is 2. The SMILES string of the molecule is O=C(c1c(-c2ccc(O)cc2)oc2ccc(O)c(CN3CCC4(COC4)C3)c12)N1CCC1. The number of ether oxygens (including phenoxy) is 1. The molecule has 1 aromatic heterocycles. The molecule has 4 heterocycles. The van der Waals surface area contributed by atoms with Gasteiger partial charge in [0.1, 0.15) is 22.8 Å². The molecular weight excluding hydrogens is 408 g/mol. The Kier molecular flexibility index (Phi) is 4.45. The average molecular weight is 434 g/mol. The van der Waals surface area contributed by atoms with E-state index < -0.39 is 0 Å². The number of benzene rings is 2. The predicted octanol–water partition coefficient (Wildman–Crippen LogP) is 3.58. The van der Waals surface area contributed by atoms with Crippen LogP contribution < -0.4 is 0 Å². The molecule has 0 unspecified atom stereocenters. The summed E-state index contributed by atoms with van der Waals surface area (Å²) in [6.07, 6.45) is 2.08. The number of carbonyl (C=O) groups excluding carboxylic acids is 1. The highest BCUT2D eigenvalue weighted by atomic mass is 16.5.